The summed E-state index contributed by atoms with van der Waals surface area (Å²) in [6, 6.07) is 0. The molecule has 0 saturated carbocycles. The Morgan fingerprint density at radius 1 is 1.67 bits per heavy atom. The lowest BCUT2D eigenvalue weighted by molar-refractivity contribution is -0.138. The highest BCUT2D eigenvalue weighted by atomic mass is 16.5. The van der Waals surface area contributed by atoms with Crippen molar-refractivity contribution in [2.45, 2.75) is 6.92 Å². The number of aliphatic imine (C=N–C) groups is 1. The van der Waals surface area contributed by atoms with Gasteiger partial charge in [0.25, 0.3) is 0 Å². The first-order valence-electron chi connectivity index (χ1n) is 3.64. The van der Waals surface area contributed by atoms with Gasteiger partial charge in [-0.3, -0.25) is 4.99 Å². The van der Waals surface area contributed by atoms with E-state index in [-0.39, 0.29) is 5.70 Å². The van der Waals surface area contributed by atoms with Crippen molar-refractivity contribution in [3.05, 3.63) is 11.9 Å². The Labute approximate surface area is 72.5 Å². The molecule has 0 aliphatic heterocycles. The third kappa shape index (κ3) is 3.75. The standard InChI is InChI=1S/C8H14N2O2/c1-5-12-8(11)7(9-2)6-10(3)4/h6H,2,5H2,1,3-4H3/b7-6-. The topological polar surface area (TPSA) is 41.9 Å². The van der Waals surface area contributed by atoms with Gasteiger partial charge in [0.05, 0.1) is 6.61 Å². The fraction of sp³-hybridized carbons (Fsp3) is 0.500. The molecule has 0 aliphatic rings. The molecule has 0 aromatic rings. The van der Waals surface area contributed by atoms with E-state index in [9.17, 15) is 4.79 Å². The Kier molecular flexibility index (Phi) is 4.76. The number of hydrogen-bond donors (Lipinski definition) is 0. The lowest BCUT2D eigenvalue weighted by Gasteiger charge is -2.06. The van der Waals surface area contributed by atoms with E-state index in [1.165, 1.54) is 0 Å². The Morgan fingerprint density at radius 3 is 2.58 bits per heavy atom. The van der Waals surface area contributed by atoms with Crippen molar-refractivity contribution in [2.75, 3.05) is 20.7 Å². The molecule has 0 aliphatic carbocycles. The zero-order valence-corrected chi connectivity index (χ0v) is 7.70. The molecule has 0 aromatic carbocycles. The minimum absolute atomic E-state index is 0.224. The maximum atomic E-state index is 11.1. The van der Waals surface area contributed by atoms with Crippen LogP contribution in [0.3, 0.4) is 0 Å². The van der Waals surface area contributed by atoms with Crippen molar-refractivity contribution in [3.8, 4) is 0 Å². The summed E-state index contributed by atoms with van der Waals surface area (Å²) in [4.78, 5) is 16.3. The molecule has 4 nitrogen and oxygen atoms in total. The monoisotopic (exact) mass is 170 g/mol. The number of ether oxygens (including phenoxy) is 1. The van der Waals surface area contributed by atoms with Gasteiger partial charge in [-0.2, -0.15) is 0 Å². The van der Waals surface area contributed by atoms with Gasteiger partial charge in [-0.1, -0.05) is 0 Å². The van der Waals surface area contributed by atoms with Gasteiger partial charge >= 0.3 is 5.97 Å². The second kappa shape index (κ2) is 5.35. The lowest BCUT2D eigenvalue weighted by atomic mass is 10.5. The molecule has 0 fully saturated rings. The van der Waals surface area contributed by atoms with Crippen LogP contribution in [0.5, 0.6) is 0 Å². The summed E-state index contributed by atoms with van der Waals surface area (Å²) in [6.45, 7) is 5.36. The van der Waals surface area contributed by atoms with Crippen molar-refractivity contribution in [2.24, 2.45) is 4.99 Å². The summed E-state index contributed by atoms with van der Waals surface area (Å²) >= 11 is 0. The number of nitrogens with zero attached hydrogens (tertiary/aromatic N) is 2. The summed E-state index contributed by atoms with van der Waals surface area (Å²) in [5, 5.41) is 0. The predicted molar refractivity (Wildman–Crippen MR) is 48.0 cm³/mol. The number of hydrogen-bond acceptors (Lipinski definition) is 4. The first-order chi connectivity index (χ1) is 5.61. The highest BCUT2D eigenvalue weighted by Crippen LogP contribution is 1.99. The van der Waals surface area contributed by atoms with Crippen molar-refractivity contribution in [1.29, 1.82) is 0 Å². The molecule has 0 unspecified atom stereocenters. The Bertz CT molecular complexity index is 197. The van der Waals surface area contributed by atoms with E-state index < -0.39 is 5.97 Å². The van der Waals surface area contributed by atoms with Gasteiger partial charge in [-0.25, -0.2) is 4.79 Å². The normalized spacial score (nSPS) is 10.8. The molecule has 0 saturated heterocycles. The van der Waals surface area contributed by atoms with E-state index in [1.54, 1.807) is 32.1 Å². The van der Waals surface area contributed by atoms with Crippen LogP contribution in [-0.4, -0.2) is 38.3 Å². The molecular formula is C8H14N2O2. The number of carbonyl (C=O) groups is 1. The van der Waals surface area contributed by atoms with E-state index in [4.69, 9.17) is 4.74 Å². The maximum absolute atomic E-state index is 11.1. The van der Waals surface area contributed by atoms with Crippen molar-refractivity contribution in [3.63, 3.8) is 0 Å². The van der Waals surface area contributed by atoms with Gasteiger partial charge in [0, 0.05) is 20.3 Å². The van der Waals surface area contributed by atoms with Gasteiger partial charge in [0.15, 0.2) is 5.70 Å². The highest BCUT2D eigenvalue weighted by Gasteiger charge is 2.07. The third-order valence-electron chi connectivity index (χ3n) is 1.04. The number of carbonyl (C=O) groups excluding carboxylic acids is 1. The largest absolute Gasteiger partial charge is 0.461 e. The Morgan fingerprint density at radius 2 is 2.25 bits per heavy atom. The summed E-state index contributed by atoms with van der Waals surface area (Å²) < 4.78 is 4.73. The van der Waals surface area contributed by atoms with Crippen LogP contribution < -0.4 is 0 Å². The minimum atomic E-state index is -0.443. The molecule has 0 aromatic heterocycles. The second-order valence-electron chi connectivity index (χ2n) is 2.36. The fourth-order valence-corrected chi connectivity index (χ4v) is 0.608. The smallest absolute Gasteiger partial charge is 0.358 e. The zero-order valence-electron chi connectivity index (χ0n) is 7.70. The number of rotatable bonds is 4. The highest BCUT2D eigenvalue weighted by molar-refractivity contribution is 5.88. The molecule has 4 heteroatoms. The van der Waals surface area contributed by atoms with Crippen molar-refractivity contribution < 1.29 is 9.53 Å². The third-order valence-corrected chi connectivity index (χ3v) is 1.04. The zero-order chi connectivity index (χ0) is 9.56. The molecule has 0 radical (unpaired) electrons. The van der Waals surface area contributed by atoms with Crippen LogP contribution in [0, 0.1) is 0 Å². The van der Waals surface area contributed by atoms with Crippen LogP contribution in [0.1, 0.15) is 6.92 Å². The SMILES string of the molecule is C=N/C(=C\N(C)C)C(=O)OCC. The van der Waals surface area contributed by atoms with Crippen LogP contribution in [0.25, 0.3) is 0 Å². The first-order valence-corrected chi connectivity index (χ1v) is 3.64. The van der Waals surface area contributed by atoms with E-state index in [0.717, 1.165) is 0 Å². The van der Waals surface area contributed by atoms with Crippen LogP contribution in [0.2, 0.25) is 0 Å². The van der Waals surface area contributed by atoms with Crippen LogP contribution in [0.15, 0.2) is 16.9 Å². The minimum Gasteiger partial charge on any atom is -0.461 e. The summed E-state index contributed by atoms with van der Waals surface area (Å²) in [5.74, 6) is -0.443. The van der Waals surface area contributed by atoms with Crippen molar-refractivity contribution >= 4 is 12.7 Å². The van der Waals surface area contributed by atoms with Crippen LogP contribution >= 0.6 is 0 Å². The van der Waals surface area contributed by atoms with E-state index in [0.29, 0.717) is 6.61 Å². The van der Waals surface area contributed by atoms with Crippen LogP contribution in [0.4, 0.5) is 0 Å². The summed E-state index contributed by atoms with van der Waals surface area (Å²) in [7, 11) is 3.59. The summed E-state index contributed by atoms with van der Waals surface area (Å²) in [6.07, 6.45) is 1.56. The van der Waals surface area contributed by atoms with Gasteiger partial charge in [-0.15, -0.1) is 0 Å². The van der Waals surface area contributed by atoms with Gasteiger partial charge in [0.1, 0.15) is 0 Å². The predicted octanol–water partition coefficient (Wildman–Crippen LogP) is 0.653. The van der Waals surface area contributed by atoms with Crippen LogP contribution in [-0.2, 0) is 9.53 Å². The Hall–Kier alpha value is -1.32. The molecule has 0 atom stereocenters. The average molecular weight is 170 g/mol. The molecule has 12 heavy (non-hydrogen) atoms. The average Bonchev–Trinajstić information content (AvgIpc) is 2.00. The molecule has 0 amide bonds. The molecule has 0 bridgehead atoms. The second-order valence-corrected chi connectivity index (χ2v) is 2.36. The fourth-order valence-electron chi connectivity index (χ4n) is 0.608. The summed E-state index contributed by atoms with van der Waals surface area (Å²) in [5.41, 5.74) is 0.224. The van der Waals surface area contributed by atoms with E-state index >= 15 is 0 Å². The maximum Gasteiger partial charge on any atom is 0.358 e. The first kappa shape index (κ1) is 10.7. The lowest BCUT2D eigenvalue weighted by Crippen LogP contribution is -2.10. The van der Waals surface area contributed by atoms with Gasteiger partial charge in [-0.05, 0) is 13.6 Å². The van der Waals surface area contributed by atoms with Gasteiger partial charge < -0.3 is 9.64 Å². The van der Waals surface area contributed by atoms with Gasteiger partial charge in [0.2, 0.25) is 0 Å². The molecule has 0 heterocycles. The quantitative estimate of drug-likeness (QED) is 0.353. The molecule has 0 N–H and O–H groups in total. The molecular weight excluding hydrogens is 156 g/mol. The Balaban J connectivity index is 4.34. The van der Waals surface area contributed by atoms with E-state index in [1.807, 2.05) is 0 Å². The van der Waals surface area contributed by atoms with E-state index in [2.05, 4.69) is 11.7 Å². The number of esters is 1. The molecule has 68 valence electrons. The molecule has 0 rings (SSSR count). The van der Waals surface area contributed by atoms with Crippen molar-refractivity contribution in [1.82, 2.24) is 4.90 Å². The molecule has 0 spiro atoms.